The third-order valence-electron chi connectivity index (χ3n) is 3.06. The van der Waals surface area contributed by atoms with Crippen LogP contribution in [0, 0.1) is 5.82 Å². The van der Waals surface area contributed by atoms with Crippen molar-refractivity contribution in [3.05, 3.63) is 57.8 Å². The Balaban J connectivity index is 2.28. The van der Waals surface area contributed by atoms with E-state index >= 15 is 0 Å². The average molecular weight is 332 g/mol. The lowest BCUT2D eigenvalue weighted by atomic mass is 10.1. The minimum atomic E-state index is -4.72. The monoisotopic (exact) mass is 332 g/mol. The number of aromatic nitrogens is 2. The maximum absolute atomic E-state index is 13.6. The Morgan fingerprint density at radius 1 is 1.30 bits per heavy atom. The highest BCUT2D eigenvalue weighted by Crippen LogP contribution is 2.27. The van der Waals surface area contributed by atoms with Crippen LogP contribution in [0.25, 0.3) is 0 Å². The van der Waals surface area contributed by atoms with Crippen molar-refractivity contribution in [3.8, 4) is 5.75 Å². The van der Waals surface area contributed by atoms with Crippen molar-refractivity contribution in [2.24, 2.45) is 0 Å². The van der Waals surface area contributed by atoms with Gasteiger partial charge < -0.3 is 9.84 Å². The number of benzene rings is 1. The first-order valence-corrected chi connectivity index (χ1v) is 6.39. The number of alkyl halides is 3. The molecule has 0 radical (unpaired) electrons. The highest BCUT2D eigenvalue weighted by molar-refractivity contribution is 5.30. The molecule has 1 atom stereocenters. The number of hydrogen-bond donors (Lipinski definition) is 1. The number of rotatable bonds is 4. The fourth-order valence-electron chi connectivity index (χ4n) is 1.89. The number of halogens is 4. The molecule has 1 N–H and O–H groups in total. The molecule has 1 heterocycles. The van der Waals surface area contributed by atoms with E-state index in [1.165, 1.54) is 19.2 Å². The van der Waals surface area contributed by atoms with Crippen LogP contribution in [-0.2, 0) is 12.7 Å². The Hall–Kier alpha value is -2.42. The van der Waals surface area contributed by atoms with Gasteiger partial charge in [-0.1, -0.05) is 6.07 Å². The molecular weight excluding hydrogens is 320 g/mol. The van der Waals surface area contributed by atoms with Gasteiger partial charge in [-0.25, -0.2) is 9.07 Å². The van der Waals surface area contributed by atoms with Gasteiger partial charge in [-0.2, -0.15) is 18.3 Å². The predicted octanol–water partition coefficient (Wildman–Crippen LogP) is 2.14. The van der Waals surface area contributed by atoms with Crippen LogP contribution in [0.5, 0.6) is 5.75 Å². The molecule has 2 rings (SSSR count). The van der Waals surface area contributed by atoms with E-state index in [0.29, 0.717) is 16.8 Å². The summed E-state index contributed by atoms with van der Waals surface area (Å²) < 4.78 is 56.6. The summed E-state index contributed by atoms with van der Waals surface area (Å²) in [5.74, 6) is -0.788. The fourth-order valence-corrected chi connectivity index (χ4v) is 1.89. The van der Waals surface area contributed by atoms with Crippen molar-refractivity contribution in [3.63, 3.8) is 0 Å². The highest BCUT2D eigenvalue weighted by Gasteiger charge is 2.33. The molecule has 1 aromatic carbocycles. The minimum absolute atomic E-state index is 0.0460. The molecule has 0 amide bonds. The molecule has 1 aromatic heterocycles. The zero-order valence-corrected chi connectivity index (χ0v) is 11.8. The van der Waals surface area contributed by atoms with Gasteiger partial charge in [0.1, 0.15) is 0 Å². The first-order chi connectivity index (χ1) is 10.7. The molecule has 5 nitrogen and oxygen atoms in total. The van der Waals surface area contributed by atoms with Crippen LogP contribution < -0.4 is 10.3 Å². The molecule has 0 unspecified atom stereocenters. The van der Waals surface area contributed by atoms with Crippen molar-refractivity contribution in [1.29, 1.82) is 0 Å². The molecule has 0 spiro atoms. The van der Waals surface area contributed by atoms with Crippen LogP contribution in [-0.4, -0.2) is 22.0 Å². The normalized spacial score (nSPS) is 13.0. The second-order valence-corrected chi connectivity index (χ2v) is 4.65. The molecule has 0 bridgehead atoms. The smallest absolute Gasteiger partial charge is 0.435 e. The van der Waals surface area contributed by atoms with Crippen LogP contribution in [0.2, 0.25) is 0 Å². The first kappa shape index (κ1) is 16.9. The molecule has 0 saturated carbocycles. The lowest BCUT2D eigenvalue weighted by Crippen LogP contribution is -2.28. The summed E-state index contributed by atoms with van der Waals surface area (Å²) in [6, 6.07) is 4.83. The Morgan fingerprint density at radius 3 is 2.57 bits per heavy atom. The summed E-state index contributed by atoms with van der Waals surface area (Å²) in [5.41, 5.74) is -1.99. The molecule has 0 aliphatic rings. The standard InChI is InChI=1S/C14H12F4N2O3/c1-23-11-3-2-8(6-9(11)15)10(21)7-20-13(22)5-4-12(19-20)14(16,17)18/h2-6,10,21H,7H2,1H3/t10-/m1/s1. The van der Waals surface area contributed by atoms with E-state index in [1.54, 1.807) is 0 Å². The van der Waals surface area contributed by atoms with Crippen molar-refractivity contribution in [2.75, 3.05) is 7.11 Å². The zero-order chi connectivity index (χ0) is 17.2. The van der Waals surface area contributed by atoms with E-state index in [4.69, 9.17) is 4.74 Å². The summed E-state index contributed by atoms with van der Waals surface area (Å²) in [5, 5.41) is 13.2. The van der Waals surface area contributed by atoms with E-state index < -0.39 is 35.9 Å². The fraction of sp³-hybridized carbons (Fsp3) is 0.286. The Bertz CT molecular complexity index is 758. The average Bonchev–Trinajstić information content (AvgIpc) is 2.48. The number of ether oxygens (including phenoxy) is 1. The van der Waals surface area contributed by atoms with E-state index in [-0.39, 0.29) is 11.3 Å². The van der Waals surface area contributed by atoms with Gasteiger partial charge in [-0.05, 0) is 23.8 Å². The van der Waals surface area contributed by atoms with Gasteiger partial charge in [0.25, 0.3) is 5.56 Å². The van der Waals surface area contributed by atoms with E-state index in [0.717, 1.165) is 6.07 Å². The summed E-state index contributed by atoms with van der Waals surface area (Å²) in [7, 11) is 1.26. The van der Waals surface area contributed by atoms with E-state index in [9.17, 15) is 27.5 Å². The van der Waals surface area contributed by atoms with Gasteiger partial charge in [-0.15, -0.1) is 0 Å². The molecule has 9 heteroatoms. The minimum Gasteiger partial charge on any atom is -0.494 e. The molecule has 0 aliphatic carbocycles. The van der Waals surface area contributed by atoms with Crippen molar-refractivity contribution < 1.29 is 27.4 Å². The molecule has 2 aromatic rings. The molecule has 23 heavy (non-hydrogen) atoms. The molecule has 0 fully saturated rings. The van der Waals surface area contributed by atoms with Crippen LogP contribution in [0.3, 0.4) is 0 Å². The van der Waals surface area contributed by atoms with Gasteiger partial charge in [0, 0.05) is 6.07 Å². The second kappa shape index (κ2) is 6.37. The maximum Gasteiger partial charge on any atom is 0.435 e. The third kappa shape index (κ3) is 3.86. The lowest BCUT2D eigenvalue weighted by Gasteiger charge is -2.14. The highest BCUT2D eigenvalue weighted by atomic mass is 19.4. The van der Waals surface area contributed by atoms with E-state index in [1.807, 2.05) is 0 Å². The number of methoxy groups -OCH3 is 1. The Labute approximate surface area is 127 Å². The number of nitrogens with zero attached hydrogens (tertiary/aromatic N) is 2. The summed E-state index contributed by atoms with van der Waals surface area (Å²) in [6.45, 7) is -0.547. The van der Waals surface area contributed by atoms with Crippen LogP contribution in [0.4, 0.5) is 17.6 Å². The van der Waals surface area contributed by atoms with E-state index in [2.05, 4.69) is 5.10 Å². The van der Waals surface area contributed by atoms with Gasteiger partial charge in [-0.3, -0.25) is 4.79 Å². The Morgan fingerprint density at radius 2 is 2.00 bits per heavy atom. The van der Waals surface area contributed by atoms with Crippen LogP contribution in [0.15, 0.2) is 35.1 Å². The molecular formula is C14H12F4N2O3. The second-order valence-electron chi connectivity index (χ2n) is 4.65. The summed E-state index contributed by atoms with van der Waals surface area (Å²) in [4.78, 5) is 11.6. The molecule has 0 saturated heterocycles. The largest absolute Gasteiger partial charge is 0.494 e. The topological polar surface area (TPSA) is 64.3 Å². The summed E-state index contributed by atoms with van der Waals surface area (Å²) in [6.07, 6.45) is -6.13. The SMILES string of the molecule is COc1ccc([C@H](O)Cn2nc(C(F)(F)F)ccc2=O)cc1F. The quantitative estimate of drug-likeness (QED) is 0.872. The number of aliphatic hydroxyl groups excluding tert-OH is 1. The predicted molar refractivity (Wildman–Crippen MR) is 71.4 cm³/mol. The molecule has 124 valence electrons. The first-order valence-electron chi connectivity index (χ1n) is 6.39. The van der Waals surface area contributed by atoms with Crippen LogP contribution >= 0.6 is 0 Å². The van der Waals surface area contributed by atoms with Crippen LogP contribution in [0.1, 0.15) is 17.4 Å². The number of hydrogen-bond acceptors (Lipinski definition) is 4. The van der Waals surface area contributed by atoms with Gasteiger partial charge in [0.2, 0.25) is 0 Å². The third-order valence-corrected chi connectivity index (χ3v) is 3.06. The number of aliphatic hydroxyl groups is 1. The lowest BCUT2D eigenvalue weighted by molar-refractivity contribution is -0.142. The summed E-state index contributed by atoms with van der Waals surface area (Å²) >= 11 is 0. The van der Waals surface area contributed by atoms with Crippen molar-refractivity contribution in [1.82, 2.24) is 9.78 Å². The van der Waals surface area contributed by atoms with Gasteiger partial charge in [0.05, 0.1) is 19.8 Å². The Kier molecular flexibility index (Phi) is 4.69. The molecule has 0 aliphatic heterocycles. The van der Waals surface area contributed by atoms with Gasteiger partial charge in [0.15, 0.2) is 17.3 Å². The van der Waals surface area contributed by atoms with Crippen molar-refractivity contribution in [2.45, 2.75) is 18.8 Å². The zero-order valence-electron chi connectivity index (χ0n) is 11.8. The van der Waals surface area contributed by atoms with Crippen molar-refractivity contribution >= 4 is 0 Å². The maximum atomic E-state index is 13.6. The van der Waals surface area contributed by atoms with Gasteiger partial charge >= 0.3 is 6.18 Å².